The predicted octanol–water partition coefficient (Wildman–Crippen LogP) is 4.64. The molecule has 2 aromatic heterocycles. The van der Waals surface area contributed by atoms with Gasteiger partial charge in [-0.3, -0.25) is 9.55 Å². The molecule has 0 aliphatic rings. The molecule has 2 heterocycles. The molecule has 4 aromatic rings. The first-order chi connectivity index (χ1) is 13.8. The van der Waals surface area contributed by atoms with Gasteiger partial charge in [-0.05, 0) is 36.4 Å². The molecular formula is C21H17FN4OS. The summed E-state index contributed by atoms with van der Waals surface area (Å²) in [5.74, 6) is 1.24. The van der Waals surface area contributed by atoms with Crippen LogP contribution in [0.2, 0.25) is 0 Å². The van der Waals surface area contributed by atoms with Gasteiger partial charge in [0.15, 0.2) is 22.5 Å². The van der Waals surface area contributed by atoms with Gasteiger partial charge in [-0.15, -0.1) is 10.2 Å². The van der Waals surface area contributed by atoms with Crippen molar-refractivity contribution in [1.29, 1.82) is 0 Å². The maximum atomic E-state index is 13.7. The van der Waals surface area contributed by atoms with E-state index in [1.165, 1.54) is 17.8 Å². The van der Waals surface area contributed by atoms with Crippen LogP contribution in [0.25, 0.3) is 17.1 Å². The minimum atomic E-state index is -0.361. The third-order valence-corrected chi connectivity index (χ3v) is 4.89. The lowest BCUT2D eigenvalue weighted by Crippen LogP contribution is -2.04. The average molecular weight is 392 g/mol. The zero-order chi connectivity index (χ0) is 19.2. The van der Waals surface area contributed by atoms with E-state index >= 15 is 0 Å². The molecule has 0 spiro atoms. The highest BCUT2D eigenvalue weighted by molar-refractivity contribution is 7.99. The molecule has 7 heteroatoms. The normalized spacial score (nSPS) is 10.8. The van der Waals surface area contributed by atoms with Crippen molar-refractivity contribution in [3.05, 3.63) is 84.9 Å². The molecule has 0 atom stereocenters. The molecule has 5 nitrogen and oxygen atoms in total. The maximum absolute atomic E-state index is 13.7. The van der Waals surface area contributed by atoms with E-state index in [0.29, 0.717) is 12.4 Å². The smallest absolute Gasteiger partial charge is 0.196 e. The summed E-state index contributed by atoms with van der Waals surface area (Å²) in [5, 5.41) is 9.48. The molecule has 0 fully saturated rings. The summed E-state index contributed by atoms with van der Waals surface area (Å²) in [5.41, 5.74) is 1.90. The molecule has 0 N–H and O–H groups in total. The van der Waals surface area contributed by atoms with E-state index in [4.69, 9.17) is 4.74 Å². The molecule has 140 valence electrons. The Bertz CT molecular complexity index is 1040. The maximum Gasteiger partial charge on any atom is 0.196 e. The van der Waals surface area contributed by atoms with Crippen LogP contribution in [0, 0.1) is 5.82 Å². The van der Waals surface area contributed by atoms with Gasteiger partial charge in [-0.25, -0.2) is 4.39 Å². The van der Waals surface area contributed by atoms with Crippen LogP contribution < -0.4 is 4.74 Å². The number of ether oxygens (including phenoxy) is 1. The summed E-state index contributed by atoms with van der Waals surface area (Å²) in [7, 11) is 0. The van der Waals surface area contributed by atoms with Crippen LogP contribution in [0.4, 0.5) is 4.39 Å². The van der Waals surface area contributed by atoms with Gasteiger partial charge in [0.2, 0.25) is 0 Å². The molecular weight excluding hydrogens is 375 g/mol. The van der Waals surface area contributed by atoms with Crippen LogP contribution in [-0.2, 0) is 0 Å². The fourth-order valence-corrected chi connectivity index (χ4v) is 3.48. The van der Waals surface area contributed by atoms with Gasteiger partial charge in [-0.1, -0.05) is 42.1 Å². The van der Waals surface area contributed by atoms with Gasteiger partial charge < -0.3 is 4.74 Å². The Morgan fingerprint density at radius 2 is 1.64 bits per heavy atom. The van der Waals surface area contributed by atoms with Crippen molar-refractivity contribution >= 4 is 11.8 Å². The number of rotatable bonds is 7. The monoisotopic (exact) mass is 392 g/mol. The molecule has 28 heavy (non-hydrogen) atoms. The summed E-state index contributed by atoms with van der Waals surface area (Å²) in [6.45, 7) is 0.359. The van der Waals surface area contributed by atoms with E-state index in [1.807, 2.05) is 47.0 Å². The summed E-state index contributed by atoms with van der Waals surface area (Å²) in [6.07, 6.45) is 3.46. The number of hydrogen-bond donors (Lipinski definition) is 0. The fourth-order valence-electron chi connectivity index (χ4n) is 2.71. The quantitative estimate of drug-likeness (QED) is 0.339. The van der Waals surface area contributed by atoms with Crippen LogP contribution in [0.15, 0.2) is 84.3 Å². The van der Waals surface area contributed by atoms with Crippen LogP contribution in [0.5, 0.6) is 5.75 Å². The molecule has 2 aromatic carbocycles. The summed E-state index contributed by atoms with van der Waals surface area (Å²) in [4.78, 5) is 4.07. The molecule has 4 rings (SSSR count). The fraction of sp³-hybridized carbons (Fsp3) is 0.0952. The van der Waals surface area contributed by atoms with Gasteiger partial charge in [0, 0.05) is 29.4 Å². The Morgan fingerprint density at radius 3 is 2.43 bits per heavy atom. The van der Waals surface area contributed by atoms with E-state index in [-0.39, 0.29) is 11.6 Å². The van der Waals surface area contributed by atoms with E-state index in [9.17, 15) is 4.39 Å². The molecule has 0 amide bonds. The Morgan fingerprint density at radius 1 is 0.893 bits per heavy atom. The van der Waals surface area contributed by atoms with E-state index in [0.717, 1.165) is 22.2 Å². The van der Waals surface area contributed by atoms with Crippen molar-refractivity contribution in [2.24, 2.45) is 0 Å². The average Bonchev–Trinajstić information content (AvgIpc) is 3.17. The minimum Gasteiger partial charge on any atom is -0.490 e. The van der Waals surface area contributed by atoms with Crippen LogP contribution in [0.3, 0.4) is 0 Å². The summed E-state index contributed by atoms with van der Waals surface area (Å²) in [6, 6.07) is 20.1. The molecule has 0 unspecified atom stereocenters. The zero-order valence-corrected chi connectivity index (χ0v) is 15.7. The Kier molecular flexibility index (Phi) is 5.63. The summed E-state index contributed by atoms with van der Waals surface area (Å²) >= 11 is 1.51. The Hall–Kier alpha value is -3.19. The lowest BCUT2D eigenvalue weighted by molar-refractivity contribution is 0.325. The second-order valence-electron chi connectivity index (χ2n) is 5.84. The number of benzene rings is 2. The third-order valence-electron chi connectivity index (χ3n) is 3.99. The topological polar surface area (TPSA) is 52.8 Å². The molecule has 0 aliphatic heterocycles. The standard InChI is InChI=1S/C21H17FN4OS/c22-18-8-4-5-9-19(18)27-14-15-28-21-25-24-20(16-10-12-23-13-11-16)26(21)17-6-2-1-3-7-17/h1-13H,14-15H2. The molecule has 0 radical (unpaired) electrons. The number of pyridine rings is 1. The molecule has 0 bridgehead atoms. The first kappa shape index (κ1) is 18.2. The third kappa shape index (κ3) is 4.04. The second kappa shape index (κ2) is 8.67. The molecule has 0 saturated heterocycles. The minimum absolute atomic E-state index is 0.255. The van der Waals surface area contributed by atoms with Crippen molar-refractivity contribution < 1.29 is 9.13 Å². The van der Waals surface area contributed by atoms with E-state index in [1.54, 1.807) is 30.6 Å². The lowest BCUT2D eigenvalue weighted by Gasteiger charge is -2.10. The first-order valence-corrected chi connectivity index (χ1v) is 9.73. The van der Waals surface area contributed by atoms with Gasteiger partial charge in [-0.2, -0.15) is 0 Å². The largest absolute Gasteiger partial charge is 0.490 e. The van der Waals surface area contributed by atoms with Gasteiger partial charge in [0.25, 0.3) is 0 Å². The number of nitrogens with zero attached hydrogens (tertiary/aromatic N) is 4. The Labute approximate surface area is 166 Å². The first-order valence-electron chi connectivity index (χ1n) is 8.74. The van der Waals surface area contributed by atoms with Gasteiger partial charge >= 0.3 is 0 Å². The van der Waals surface area contributed by atoms with Crippen molar-refractivity contribution in [2.45, 2.75) is 5.16 Å². The van der Waals surface area contributed by atoms with Crippen LogP contribution >= 0.6 is 11.8 Å². The lowest BCUT2D eigenvalue weighted by atomic mass is 10.2. The van der Waals surface area contributed by atoms with Crippen molar-refractivity contribution in [3.63, 3.8) is 0 Å². The van der Waals surface area contributed by atoms with E-state index < -0.39 is 0 Å². The number of para-hydroxylation sites is 2. The number of thioether (sulfide) groups is 1. The predicted molar refractivity (Wildman–Crippen MR) is 107 cm³/mol. The van der Waals surface area contributed by atoms with Crippen LogP contribution in [0.1, 0.15) is 0 Å². The summed E-state index contributed by atoms with van der Waals surface area (Å²) < 4.78 is 21.2. The highest BCUT2D eigenvalue weighted by Gasteiger charge is 2.16. The van der Waals surface area contributed by atoms with Gasteiger partial charge in [0.1, 0.15) is 0 Å². The number of hydrogen-bond acceptors (Lipinski definition) is 5. The van der Waals surface area contributed by atoms with Crippen molar-refractivity contribution in [1.82, 2.24) is 19.7 Å². The SMILES string of the molecule is Fc1ccccc1OCCSc1nnc(-c2ccncc2)n1-c1ccccc1. The zero-order valence-electron chi connectivity index (χ0n) is 14.9. The highest BCUT2D eigenvalue weighted by atomic mass is 32.2. The second-order valence-corrected chi connectivity index (χ2v) is 6.90. The Balaban J connectivity index is 1.54. The van der Waals surface area contributed by atoms with Crippen LogP contribution in [-0.4, -0.2) is 32.1 Å². The van der Waals surface area contributed by atoms with Crippen molar-refractivity contribution in [3.8, 4) is 22.8 Å². The highest BCUT2D eigenvalue weighted by Crippen LogP contribution is 2.27. The van der Waals surface area contributed by atoms with E-state index in [2.05, 4.69) is 15.2 Å². The van der Waals surface area contributed by atoms with Gasteiger partial charge in [0.05, 0.1) is 6.61 Å². The molecule has 0 aliphatic carbocycles. The molecule has 0 saturated carbocycles. The number of aromatic nitrogens is 4. The number of halogens is 1. The van der Waals surface area contributed by atoms with Crippen molar-refractivity contribution in [2.75, 3.05) is 12.4 Å².